The molecule has 0 aromatic heterocycles. The van der Waals surface area contributed by atoms with Crippen molar-refractivity contribution in [2.24, 2.45) is 0 Å². The molecule has 1 heterocycles. The van der Waals surface area contributed by atoms with Gasteiger partial charge in [-0.3, -0.25) is 9.69 Å². The minimum absolute atomic E-state index is 0.364. The maximum atomic E-state index is 13.9. The van der Waals surface area contributed by atoms with Crippen molar-refractivity contribution in [3.05, 3.63) is 65.2 Å². The molecule has 102 valence electrons. The van der Waals surface area contributed by atoms with E-state index in [-0.39, 0.29) is 0 Å². The molecule has 5 heteroatoms. The van der Waals surface area contributed by atoms with E-state index < -0.39 is 17.9 Å². The topological polar surface area (TPSA) is 20.3 Å². The molecule has 2 aromatic carbocycles. The van der Waals surface area contributed by atoms with E-state index >= 15 is 0 Å². The second-order valence-corrected chi connectivity index (χ2v) is 5.02. The van der Waals surface area contributed by atoms with Crippen LogP contribution in [0, 0.1) is 0 Å². The van der Waals surface area contributed by atoms with Gasteiger partial charge in [-0.25, -0.2) is 0 Å². The molecule has 1 aliphatic rings. The number of anilines is 1. The Hall–Kier alpha value is -1.94. The zero-order valence-corrected chi connectivity index (χ0v) is 11.0. The summed E-state index contributed by atoms with van der Waals surface area (Å²) in [5, 5.41) is 0.467. The zero-order chi connectivity index (χ0) is 14.3. The molecule has 1 saturated heterocycles. The first kappa shape index (κ1) is 13.1. The summed E-state index contributed by atoms with van der Waals surface area (Å²) in [7, 11) is 0. The van der Waals surface area contributed by atoms with Crippen LogP contribution >= 0.6 is 11.6 Å². The Morgan fingerprint density at radius 2 is 1.60 bits per heavy atom. The number of carbonyl (C=O) groups excluding carboxylic acids is 1. The minimum Gasteiger partial charge on any atom is -0.293 e. The van der Waals surface area contributed by atoms with Gasteiger partial charge >= 0.3 is 11.8 Å². The smallest absolute Gasteiger partial charge is 0.293 e. The number of β-lactam (4-membered cyclic amide) rings is 1. The van der Waals surface area contributed by atoms with Crippen LogP contribution in [0.3, 0.4) is 0 Å². The summed E-state index contributed by atoms with van der Waals surface area (Å²) in [5.41, 5.74) is 0.825. The van der Waals surface area contributed by atoms with Crippen LogP contribution in [0.15, 0.2) is 54.6 Å². The fraction of sp³-hybridized carbons (Fsp3) is 0.133. The van der Waals surface area contributed by atoms with Gasteiger partial charge in [-0.1, -0.05) is 41.9 Å². The predicted molar refractivity (Wildman–Crippen MR) is 73.1 cm³/mol. The van der Waals surface area contributed by atoms with Gasteiger partial charge in [0.2, 0.25) is 0 Å². The maximum absolute atomic E-state index is 13.9. The Bertz CT molecular complexity index is 643. The summed E-state index contributed by atoms with van der Waals surface area (Å²) in [4.78, 5) is 12.8. The first-order chi connectivity index (χ1) is 9.51. The molecule has 0 aliphatic carbocycles. The number of hydrogen-bond donors (Lipinski definition) is 0. The quantitative estimate of drug-likeness (QED) is 0.765. The molecule has 1 aliphatic heterocycles. The van der Waals surface area contributed by atoms with Gasteiger partial charge in [0.05, 0.1) is 0 Å². The average Bonchev–Trinajstić information content (AvgIpc) is 2.46. The highest BCUT2D eigenvalue weighted by molar-refractivity contribution is 6.30. The normalized spacial score (nSPS) is 20.6. The van der Waals surface area contributed by atoms with Crippen LogP contribution < -0.4 is 4.90 Å². The molecule has 1 unspecified atom stereocenters. The van der Waals surface area contributed by atoms with E-state index in [0.29, 0.717) is 16.3 Å². The Labute approximate surface area is 119 Å². The van der Waals surface area contributed by atoms with Gasteiger partial charge in [0.25, 0.3) is 0 Å². The Balaban J connectivity index is 2.02. The van der Waals surface area contributed by atoms with Gasteiger partial charge in [-0.05, 0) is 29.8 Å². The van der Waals surface area contributed by atoms with Crippen molar-refractivity contribution in [2.75, 3.05) is 4.90 Å². The predicted octanol–water partition coefficient (Wildman–Crippen LogP) is 4.06. The molecule has 1 amide bonds. The van der Waals surface area contributed by atoms with Gasteiger partial charge < -0.3 is 0 Å². The third-order valence-corrected chi connectivity index (χ3v) is 3.58. The first-order valence-corrected chi connectivity index (χ1v) is 6.41. The number of rotatable bonds is 2. The van der Waals surface area contributed by atoms with Crippen LogP contribution in [-0.2, 0) is 4.79 Å². The van der Waals surface area contributed by atoms with Crippen LogP contribution in [0.4, 0.5) is 14.5 Å². The van der Waals surface area contributed by atoms with Crippen molar-refractivity contribution in [3.8, 4) is 0 Å². The highest BCUT2D eigenvalue weighted by Gasteiger charge is 2.64. The lowest BCUT2D eigenvalue weighted by Crippen LogP contribution is -2.64. The molecule has 0 spiro atoms. The molecule has 0 bridgehead atoms. The number of hydrogen-bond acceptors (Lipinski definition) is 1. The number of para-hydroxylation sites is 1. The van der Waals surface area contributed by atoms with Crippen molar-refractivity contribution in [2.45, 2.75) is 12.0 Å². The molecule has 20 heavy (non-hydrogen) atoms. The second-order valence-electron chi connectivity index (χ2n) is 4.59. The fourth-order valence-electron chi connectivity index (χ4n) is 2.35. The number of carbonyl (C=O) groups is 1. The lowest BCUT2D eigenvalue weighted by molar-refractivity contribution is -0.162. The summed E-state index contributed by atoms with van der Waals surface area (Å²) in [6, 6.07) is 13.3. The Morgan fingerprint density at radius 1 is 1.00 bits per heavy atom. The van der Waals surface area contributed by atoms with E-state index in [0.717, 1.165) is 4.90 Å². The van der Waals surface area contributed by atoms with Crippen LogP contribution in [0.25, 0.3) is 0 Å². The highest BCUT2D eigenvalue weighted by atomic mass is 35.5. The lowest BCUT2D eigenvalue weighted by atomic mass is 9.89. The third-order valence-electron chi connectivity index (χ3n) is 3.33. The van der Waals surface area contributed by atoms with Gasteiger partial charge in [0, 0.05) is 10.7 Å². The van der Waals surface area contributed by atoms with E-state index in [9.17, 15) is 13.6 Å². The van der Waals surface area contributed by atoms with E-state index in [1.165, 1.54) is 12.1 Å². The maximum Gasteiger partial charge on any atom is 0.349 e. The van der Waals surface area contributed by atoms with Gasteiger partial charge in [0.15, 0.2) is 0 Å². The van der Waals surface area contributed by atoms with Gasteiger partial charge in [-0.15, -0.1) is 0 Å². The van der Waals surface area contributed by atoms with Gasteiger partial charge in [-0.2, -0.15) is 8.78 Å². The van der Waals surface area contributed by atoms with Crippen LogP contribution in [0.2, 0.25) is 5.02 Å². The van der Waals surface area contributed by atoms with E-state index in [2.05, 4.69) is 0 Å². The minimum atomic E-state index is -3.39. The van der Waals surface area contributed by atoms with Crippen molar-refractivity contribution >= 4 is 23.2 Å². The standard InChI is InChI=1S/C15H10ClF2NO/c16-11-8-6-10(7-9-11)13-15(17,18)14(20)19(13)12-4-2-1-3-5-12/h1-9,13H. The average molecular weight is 294 g/mol. The SMILES string of the molecule is O=C1N(c2ccccc2)C(c2ccc(Cl)cc2)C1(F)F. The molecule has 0 saturated carbocycles. The second kappa shape index (κ2) is 4.56. The number of nitrogens with zero attached hydrogens (tertiary/aromatic N) is 1. The molecule has 3 rings (SSSR count). The molecule has 0 radical (unpaired) electrons. The van der Waals surface area contributed by atoms with Crippen molar-refractivity contribution in [1.82, 2.24) is 0 Å². The molecular formula is C15H10ClF2NO. The first-order valence-electron chi connectivity index (χ1n) is 6.04. The number of alkyl halides is 2. The van der Waals surface area contributed by atoms with Crippen molar-refractivity contribution in [1.29, 1.82) is 0 Å². The zero-order valence-electron chi connectivity index (χ0n) is 10.3. The summed E-state index contributed by atoms with van der Waals surface area (Å²) in [6.07, 6.45) is 0. The van der Waals surface area contributed by atoms with Gasteiger partial charge in [0.1, 0.15) is 6.04 Å². The van der Waals surface area contributed by atoms with Crippen LogP contribution in [0.1, 0.15) is 11.6 Å². The lowest BCUT2D eigenvalue weighted by Gasteiger charge is -2.46. The molecule has 1 fully saturated rings. The molecule has 2 nitrogen and oxygen atoms in total. The monoisotopic (exact) mass is 293 g/mol. The molecule has 0 N–H and O–H groups in total. The molecular weight excluding hydrogens is 284 g/mol. The summed E-state index contributed by atoms with van der Waals surface area (Å²) in [6.45, 7) is 0. The Morgan fingerprint density at radius 3 is 2.20 bits per heavy atom. The van der Waals surface area contributed by atoms with Crippen molar-refractivity contribution < 1.29 is 13.6 Å². The van der Waals surface area contributed by atoms with Crippen LogP contribution in [-0.4, -0.2) is 11.8 Å². The third kappa shape index (κ3) is 1.88. The van der Waals surface area contributed by atoms with Crippen molar-refractivity contribution in [3.63, 3.8) is 0 Å². The van der Waals surface area contributed by atoms with Crippen LogP contribution in [0.5, 0.6) is 0 Å². The number of amides is 1. The largest absolute Gasteiger partial charge is 0.349 e. The number of halogens is 3. The van der Waals surface area contributed by atoms with E-state index in [1.807, 2.05) is 0 Å². The Kier molecular flexibility index (Phi) is 2.98. The van der Waals surface area contributed by atoms with E-state index in [4.69, 9.17) is 11.6 Å². The van der Waals surface area contributed by atoms with E-state index in [1.54, 1.807) is 42.5 Å². The number of benzene rings is 2. The summed E-state index contributed by atoms with van der Waals surface area (Å²) in [5.74, 6) is -4.56. The summed E-state index contributed by atoms with van der Waals surface area (Å²) >= 11 is 5.76. The molecule has 2 aromatic rings. The highest BCUT2D eigenvalue weighted by Crippen LogP contribution is 2.49. The molecule has 1 atom stereocenters. The summed E-state index contributed by atoms with van der Waals surface area (Å²) < 4.78 is 27.8. The fourth-order valence-corrected chi connectivity index (χ4v) is 2.48.